The van der Waals surface area contributed by atoms with Gasteiger partial charge in [0.2, 0.25) is 5.78 Å². The van der Waals surface area contributed by atoms with Gasteiger partial charge in [0.15, 0.2) is 5.76 Å². The maximum atomic E-state index is 12.2. The van der Waals surface area contributed by atoms with Crippen LogP contribution in [0.15, 0.2) is 63.5 Å². The fraction of sp³-hybridized carbons (Fsp3) is 0.0556. The Labute approximate surface area is 144 Å². The van der Waals surface area contributed by atoms with Crippen LogP contribution in [0.4, 0.5) is 8.78 Å². The minimum atomic E-state index is -2.86. The minimum absolute atomic E-state index is 0.0661. The number of ketones is 1. The van der Waals surface area contributed by atoms with Gasteiger partial charge in [-0.05, 0) is 48.0 Å². The third-order valence-electron chi connectivity index (χ3n) is 3.25. The summed E-state index contributed by atoms with van der Waals surface area (Å²) in [5, 5.41) is 0.828. The van der Waals surface area contributed by atoms with Crippen molar-refractivity contribution < 1.29 is 22.7 Å². The highest BCUT2D eigenvalue weighted by Crippen LogP contribution is 2.24. The Morgan fingerprint density at radius 2 is 1.88 bits per heavy atom. The molecular weight excluding hydrogens is 382 g/mol. The van der Waals surface area contributed by atoms with Gasteiger partial charge in [0.05, 0.1) is 0 Å². The number of carbonyl (C=O) groups is 1. The van der Waals surface area contributed by atoms with Gasteiger partial charge in [-0.2, -0.15) is 8.78 Å². The molecular formula is C18H11BrF2O3. The summed E-state index contributed by atoms with van der Waals surface area (Å²) in [5.41, 5.74) is 1.31. The van der Waals surface area contributed by atoms with E-state index < -0.39 is 6.61 Å². The number of ether oxygens (including phenoxy) is 1. The van der Waals surface area contributed by atoms with E-state index in [-0.39, 0.29) is 17.3 Å². The van der Waals surface area contributed by atoms with Gasteiger partial charge in [-0.1, -0.05) is 34.1 Å². The van der Waals surface area contributed by atoms with Crippen LogP contribution in [-0.4, -0.2) is 12.4 Å². The summed E-state index contributed by atoms with van der Waals surface area (Å²) in [6, 6.07) is 13.1. The van der Waals surface area contributed by atoms with Crippen molar-refractivity contribution in [3.63, 3.8) is 0 Å². The van der Waals surface area contributed by atoms with Crippen molar-refractivity contribution in [2.24, 2.45) is 0 Å². The predicted molar refractivity (Wildman–Crippen MR) is 90.4 cm³/mol. The van der Waals surface area contributed by atoms with Gasteiger partial charge in [0.25, 0.3) is 0 Å². The Morgan fingerprint density at radius 3 is 2.58 bits per heavy atom. The summed E-state index contributed by atoms with van der Waals surface area (Å²) >= 11 is 3.36. The highest BCUT2D eigenvalue weighted by Gasteiger charge is 2.10. The van der Waals surface area contributed by atoms with Gasteiger partial charge in [-0.15, -0.1) is 0 Å². The molecule has 0 bridgehead atoms. The smallest absolute Gasteiger partial charge is 0.387 e. The summed E-state index contributed by atoms with van der Waals surface area (Å²) < 4.78 is 34.8. The molecule has 0 saturated carbocycles. The van der Waals surface area contributed by atoms with E-state index in [9.17, 15) is 13.6 Å². The first kappa shape index (κ1) is 16.4. The molecule has 3 rings (SSSR count). The van der Waals surface area contributed by atoms with Crippen molar-refractivity contribution in [2.45, 2.75) is 6.61 Å². The van der Waals surface area contributed by atoms with Crippen LogP contribution in [0.1, 0.15) is 16.1 Å². The van der Waals surface area contributed by atoms with Crippen LogP contribution in [0.2, 0.25) is 0 Å². The van der Waals surface area contributed by atoms with Gasteiger partial charge < -0.3 is 9.15 Å². The fourth-order valence-corrected chi connectivity index (χ4v) is 2.53. The molecule has 0 atom stereocenters. The molecule has 0 aliphatic carbocycles. The van der Waals surface area contributed by atoms with Crippen molar-refractivity contribution in [2.75, 3.05) is 0 Å². The Hall–Kier alpha value is -2.47. The molecule has 0 N–H and O–H groups in total. The lowest BCUT2D eigenvalue weighted by Gasteiger charge is -2.03. The fourth-order valence-electron chi connectivity index (χ4n) is 2.15. The van der Waals surface area contributed by atoms with Crippen molar-refractivity contribution in [3.05, 3.63) is 70.4 Å². The number of alkyl halides is 2. The molecule has 0 spiro atoms. The zero-order valence-corrected chi connectivity index (χ0v) is 13.8. The zero-order valence-electron chi connectivity index (χ0n) is 12.2. The third-order valence-corrected chi connectivity index (χ3v) is 3.75. The molecule has 3 nitrogen and oxygen atoms in total. The Morgan fingerprint density at radius 1 is 1.12 bits per heavy atom. The van der Waals surface area contributed by atoms with E-state index in [2.05, 4.69) is 20.7 Å². The van der Waals surface area contributed by atoms with Gasteiger partial charge in [0, 0.05) is 9.86 Å². The van der Waals surface area contributed by atoms with E-state index in [1.165, 1.54) is 18.2 Å². The molecule has 0 aliphatic rings. The first-order chi connectivity index (χ1) is 11.5. The summed E-state index contributed by atoms with van der Waals surface area (Å²) in [6.45, 7) is -2.86. The number of halogens is 3. The molecule has 1 heterocycles. The van der Waals surface area contributed by atoms with E-state index in [1.807, 2.05) is 12.1 Å². The van der Waals surface area contributed by atoms with Crippen LogP contribution in [0.3, 0.4) is 0 Å². The van der Waals surface area contributed by atoms with Gasteiger partial charge >= 0.3 is 6.61 Å². The Bertz CT molecular complexity index is 898. The predicted octanol–water partition coefficient (Wildman–Crippen LogP) is 5.69. The SMILES string of the molecule is O=C(/C=C/c1ccc(OC(F)F)cc1)c1cc2cc(Br)ccc2o1. The van der Waals surface area contributed by atoms with Crippen LogP contribution in [0.5, 0.6) is 5.75 Å². The van der Waals surface area contributed by atoms with Crippen LogP contribution >= 0.6 is 15.9 Å². The first-order valence-corrected chi connectivity index (χ1v) is 7.77. The number of hydrogen-bond acceptors (Lipinski definition) is 3. The molecule has 0 aliphatic heterocycles. The lowest BCUT2D eigenvalue weighted by atomic mass is 10.1. The van der Waals surface area contributed by atoms with E-state index in [1.54, 1.807) is 30.3 Å². The standard InChI is InChI=1S/C18H11BrF2O3/c19-13-4-8-16-12(9-13)10-17(24-16)15(22)7-3-11-1-5-14(6-2-11)23-18(20)21/h1-10,18H/b7-3+. The molecule has 3 aromatic rings. The average Bonchev–Trinajstić information content (AvgIpc) is 2.96. The number of rotatable bonds is 5. The molecule has 0 amide bonds. The first-order valence-electron chi connectivity index (χ1n) is 6.98. The second-order valence-corrected chi connectivity index (χ2v) is 5.85. The Balaban J connectivity index is 1.74. The molecule has 0 saturated heterocycles. The number of carbonyl (C=O) groups excluding carboxylic acids is 1. The molecule has 122 valence electrons. The summed E-state index contributed by atoms with van der Waals surface area (Å²) in [4.78, 5) is 12.2. The number of benzene rings is 2. The molecule has 1 aromatic heterocycles. The molecule has 6 heteroatoms. The maximum absolute atomic E-state index is 12.2. The van der Waals surface area contributed by atoms with Gasteiger partial charge in [-0.25, -0.2) is 0 Å². The number of hydrogen-bond donors (Lipinski definition) is 0. The molecule has 2 aromatic carbocycles. The summed E-state index contributed by atoms with van der Waals surface area (Å²) in [7, 11) is 0. The lowest BCUT2D eigenvalue weighted by molar-refractivity contribution is -0.0498. The summed E-state index contributed by atoms with van der Waals surface area (Å²) in [5.74, 6) is 0.0172. The van der Waals surface area contributed by atoms with Crippen molar-refractivity contribution >= 4 is 38.8 Å². The maximum Gasteiger partial charge on any atom is 0.387 e. The van der Waals surface area contributed by atoms with E-state index in [4.69, 9.17) is 4.42 Å². The molecule has 0 fully saturated rings. The number of furan rings is 1. The van der Waals surface area contributed by atoms with Crippen LogP contribution < -0.4 is 4.74 Å². The van der Waals surface area contributed by atoms with Gasteiger partial charge in [-0.3, -0.25) is 4.79 Å². The summed E-state index contributed by atoms with van der Waals surface area (Å²) in [6.07, 6.45) is 2.95. The second-order valence-electron chi connectivity index (χ2n) is 4.94. The largest absolute Gasteiger partial charge is 0.453 e. The van der Waals surface area contributed by atoms with Crippen molar-refractivity contribution in [3.8, 4) is 5.75 Å². The number of fused-ring (bicyclic) bond motifs is 1. The van der Waals surface area contributed by atoms with Crippen LogP contribution in [0.25, 0.3) is 17.0 Å². The average molecular weight is 393 g/mol. The van der Waals surface area contributed by atoms with E-state index in [0.717, 1.165) is 9.86 Å². The van der Waals surface area contributed by atoms with Crippen LogP contribution in [0, 0.1) is 0 Å². The second kappa shape index (κ2) is 6.97. The van der Waals surface area contributed by atoms with E-state index >= 15 is 0 Å². The van der Waals surface area contributed by atoms with Crippen molar-refractivity contribution in [1.29, 1.82) is 0 Å². The molecule has 0 unspecified atom stereocenters. The third kappa shape index (κ3) is 3.89. The van der Waals surface area contributed by atoms with Crippen molar-refractivity contribution in [1.82, 2.24) is 0 Å². The van der Waals surface area contributed by atoms with Crippen LogP contribution in [-0.2, 0) is 0 Å². The highest BCUT2D eigenvalue weighted by atomic mass is 79.9. The number of allylic oxidation sites excluding steroid dienone is 1. The van der Waals surface area contributed by atoms with E-state index in [0.29, 0.717) is 11.1 Å². The van der Waals surface area contributed by atoms with Gasteiger partial charge in [0.1, 0.15) is 11.3 Å². The topological polar surface area (TPSA) is 39.4 Å². The lowest BCUT2D eigenvalue weighted by Crippen LogP contribution is -2.01. The zero-order chi connectivity index (χ0) is 17.1. The normalized spacial score (nSPS) is 11.5. The quantitative estimate of drug-likeness (QED) is 0.413. The molecule has 24 heavy (non-hydrogen) atoms. The Kier molecular flexibility index (Phi) is 4.76. The monoisotopic (exact) mass is 392 g/mol. The highest BCUT2D eigenvalue weighted by molar-refractivity contribution is 9.10. The minimum Gasteiger partial charge on any atom is -0.453 e. The molecule has 0 radical (unpaired) electrons.